The van der Waals surface area contributed by atoms with Crippen LogP contribution in [0.3, 0.4) is 0 Å². The van der Waals surface area contributed by atoms with Gasteiger partial charge in [0.1, 0.15) is 10.8 Å². The molecule has 29 heavy (non-hydrogen) atoms. The number of amides is 1. The number of hydrogen-bond acceptors (Lipinski definition) is 5. The Morgan fingerprint density at radius 3 is 2.86 bits per heavy atom. The highest BCUT2D eigenvalue weighted by atomic mass is 32.2. The van der Waals surface area contributed by atoms with Gasteiger partial charge in [-0.1, -0.05) is 30.0 Å². The number of fused-ring (bicyclic) bond motifs is 1. The van der Waals surface area contributed by atoms with E-state index in [0.717, 1.165) is 28.3 Å². The van der Waals surface area contributed by atoms with Crippen LogP contribution in [-0.2, 0) is 11.2 Å². The maximum Gasteiger partial charge on any atom is 0.230 e. The number of benzene rings is 1. The van der Waals surface area contributed by atoms with E-state index >= 15 is 0 Å². The predicted octanol–water partition coefficient (Wildman–Crippen LogP) is 4.36. The van der Waals surface area contributed by atoms with E-state index in [4.69, 9.17) is 0 Å². The molecule has 0 aliphatic heterocycles. The average Bonchev–Trinajstić information content (AvgIpc) is 3.37. The molecule has 5 nitrogen and oxygen atoms in total. The van der Waals surface area contributed by atoms with E-state index in [0.29, 0.717) is 17.9 Å². The van der Waals surface area contributed by atoms with Gasteiger partial charge in [0, 0.05) is 22.7 Å². The second kappa shape index (κ2) is 8.75. The highest BCUT2D eigenvalue weighted by Gasteiger charge is 2.13. The van der Waals surface area contributed by atoms with Crippen LogP contribution in [0, 0.1) is 12.7 Å². The van der Waals surface area contributed by atoms with Gasteiger partial charge in [-0.25, -0.2) is 13.9 Å². The lowest BCUT2D eigenvalue weighted by molar-refractivity contribution is -0.118. The summed E-state index contributed by atoms with van der Waals surface area (Å²) in [5, 5.41) is 10.3. The van der Waals surface area contributed by atoms with Gasteiger partial charge in [0.15, 0.2) is 5.65 Å². The fourth-order valence-corrected chi connectivity index (χ4v) is 4.56. The minimum Gasteiger partial charge on any atom is -0.355 e. The summed E-state index contributed by atoms with van der Waals surface area (Å²) in [5.41, 5.74) is 3.21. The lowest BCUT2D eigenvalue weighted by Crippen LogP contribution is -2.27. The van der Waals surface area contributed by atoms with Crippen molar-refractivity contribution >= 4 is 34.7 Å². The maximum absolute atomic E-state index is 13.2. The van der Waals surface area contributed by atoms with Gasteiger partial charge in [-0.15, -0.1) is 11.3 Å². The van der Waals surface area contributed by atoms with E-state index in [1.165, 1.54) is 28.8 Å². The van der Waals surface area contributed by atoms with Crippen LogP contribution in [0.25, 0.3) is 16.8 Å². The Morgan fingerprint density at radius 2 is 2.10 bits per heavy atom. The number of carbonyl (C=O) groups is 1. The number of rotatable bonds is 7. The number of aryl methyl sites for hydroxylation is 1. The normalized spacial score (nSPS) is 11.1. The summed E-state index contributed by atoms with van der Waals surface area (Å²) < 4.78 is 15.0. The zero-order valence-electron chi connectivity index (χ0n) is 15.8. The Kier molecular flexibility index (Phi) is 5.92. The molecule has 3 heterocycles. The van der Waals surface area contributed by atoms with Crippen molar-refractivity contribution in [2.45, 2.75) is 18.4 Å². The lowest BCUT2D eigenvalue weighted by atomic mass is 10.1. The molecule has 0 aliphatic rings. The summed E-state index contributed by atoms with van der Waals surface area (Å²) in [7, 11) is 0. The van der Waals surface area contributed by atoms with Crippen LogP contribution in [0.4, 0.5) is 4.39 Å². The van der Waals surface area contributed by atoms with Crippen LogP contribution in [0.5, 0.6) is 0 Å². The smallest absolute Gasteiger partial charge is 0.230 e. The summed E-state index contributed by atoms with van der Waals surface area (Å²) in [6, 6.07) is 12.3. The number of thioether (sulfide) groups is 1. The van der Waals surface area contributed by atoms with Crippen LogP contribution in [-0.4, -0.2) is 32.8 Å². The second-order valence-corrected chi connectivity index (χ2v) is 8.53. The Balaban J connectivity index is 1.46. The van der Waals surface area contributed by atoms with E-state index in [-0.39, 0.29) is 11.7 Å². The third-order valence-corrected chi connectivity index (χ3v) is 6.28. The lowest BCUT2D eigenvalue weighted by Gasteiger charge is -2.07. The average molecular weight is 427 g/mol. The van der Waals surface area contributed by atoms with Gasteiger partial charge in [-0.3, -0.25) is 4.79 Å². The minimum absolute atomic E-state index is 0.0138. The van der Waals surface area contributed by atoms with Gasteiger partial charge < -0.3 is 5.32 Å². The summed E-state index contributed by atoms with van der Waals surface area (Å²) in [6.45, 7) is 2.54. The Labute approximate surface area is 176 Å². The molecular formula is C21H19FN4OS2. The van der Waals surface area contributed by atoms with E-state index in [1.807, 2.05) is 24.4 Å². The van der Waals surface area contributed by atoms with Crippen molar-refractivity contribution in [1.82, 2.24) is 19.9 Å². The summed E-state index contributed by atoms with van der Waals surface area (Å²) in [6.07, 6.45) is 2.56. The molecule has 0 saturated carbocycles. The van der Waals surface area contributed by atoms with Crippen molar-refractivity contribution in [3.05, 3.63) is 70.4 Å². The topological polar surface area (TPSA) is 59.3 Å². The molecule has 1 amide bonds. The molecule has 4 rings (SSSR count). The summed E-state index contributed by atoms with van der Waals surface area (Å²) >= 11 is 3.12. The fraction of sp³-hybridized carbons (Fsp3) is 0.190. The van der Waals surface area contributed by atoms with Gasteiger partial charge in [-0.2, -0.15) is 5.10 Å². The first-order chi connectivity index (χ1) is 14.1. The molecule has 3 aromatic heterocycles. The van der Waals surface area contributed by atoms with Crippen molar-refractivity contribution in [1.29, 1.82) is 0 Å². The number of carbonyl (C=O) groups excluding carboxylic acids is 1. The zero-order chi connectivity index (χ0) is 20.2. The molecule has 1 aromatic carbocycles. The zero-order valence-corrected chi connectivity index (χ0v) is 17.4. The van der Waals surface area contributed by atoms with Crippen molar-refractivity contribution in [3.63, 3.8) is 0 Å². The van der Waals surface area contributed by atoms with Crippen LogP contribution in [0.15, 0.2) is 59.1 Å². The third kappa shape index (κ3) is 4.65. The van der Waals surface area contributed by atoms with Crippen molar-refractivity contribution in [2.75, 3.05) is 12.3 Å². The second-order valence-electron chi connectivity index (χ2n) is 6.50. The molecule has 1 N–H and O–H groups in total. The largest absolute Gasteiger partial charge is 0.355 e. The van der Waals surface area contributed by atoms with Gasteiger partial charge >= 0.3 is 0 Å². The first kappa shape index (κ1) is 19.6. The van der Waals surface area contributed by atoms with Crippen LogP contribution in [0.1, 0.15) is 10.6 Å². The number of thiophene rings is 1. The molecule has 0 aliphatic carbocycles. The highest BCUT2D eigenvalue weighted by molar-refractivity contribution is 7.99. The first-order valence-electron chi connectivity index (χ1n) is 9.13. The maximum atomic E-state index is 13.2. The quantitative estimate of drug-likeness (QED) is 0.352. The minimum atomic E-state index is -0.282. The predicted molar refractivity (Wildman–Crippen MR) is 115 cm³/mol. The molecule has 148 valence electrons. The van der Waals surface area contributed by atoms with Gasteiger partial charge in [0.05, 0.1) is 11.9 Å². The first-order valence-corrected chi connectivity index (χ1v) is 11.0. The molecule has 0 saturated heterocycles. The molecule has 4 aromatic rings. The molecule has 8 heteroatoms. The number of hydrogen-bond donors (Lipinski definition) is 1. The number of nitrogens with zero attached hydrogens (tertiary/aromatic N) is 3. The summed E-state index contributed by atoms with van der Waals surface area (Å²) in [4.78, 5) is 18.1. The van der Waals surface area contributed by atoms with Gasteiger partial charge in [0.25, 0.3) is 0 Å². The molecule has 0 fully saturated rings. The molecule has 0 unspecified atom stereocenters. The van der Waals surface area contributed by atoms with Crippen LogP contribution in [0.2, 0.25) is 0 Å². The van der Waals surface area contributed by atoms with E-state index < -0.39 is 0 Å². The molecule has 0 bridgehead atoms. The van der Waals surface area contributed by atoms with Gasteiger partial charge in [0.2, 0.25) is 5.91 Å². The number of aromatic nitrogens is 3. The molecule has 0 atom stereocenters. The molecule has 0 radical (unpaired) electrons. The molecule has 0 spiro atoms. The fourth-order valence-electron chi connectivity index (χ4n) is 2.96. The Morgan fingerprint density at radius 1 is 1.28 bits per heavy atom. The van der Waals surface area contributed by atoms with Crippen molar-refractivity contribution in [2.24, 2.45) is 0 Å². The van der Waals surface area contributed by atoms with E-state index in [9.17, 15) is 9.18 Å². The Hall–Kier alpha value is -2.71. The molecular weight excluding hydrogens is 407 g/mol. The third-order valence-electron chi connectivity index (χ3n) is 4.35. The van der Waals surface area contributed by atoms with Crippen molar-refractivity contribution in [3.8, 4) is 11.1 Å². The van der Waals surface area contributed by atoms with E-state index in [2.05, 4.69) is 21.5 Å². The SMILES string of the molecule is Cc1cc(SCC(=O)NCCc2cccs2)n2ncc(-c3ccc(F)cc3)c2n1. The monoisotopic (exact) mass is 426 g/mol. The van der Waals surface area contributed by atoms with Gasteiger partial charge in [-0.05, 0) is 48.6 Å². The standard InChI is InChI=1S/C21H19FN4OS2/c1-14-11-20(29-13-19(27)23-9-8-17-3-2-10-28-17)26-21(25-14)18(12-24-26)15-4-6-16(22)7-5-15/h2-7,10-12H,8-9,13H2,1H3,(H,23,27). The Bertz CT molecular complexity index is 1120. The highest BCUT2D eigenvalue weighted by Crippen LogP contribution is 2.27. The summed E-state index contributed by atoms with van der Waals surface area (Å²) in [5.74, 6) is 0.00476. The number of nitrogens with one attached hydrogen (secondary N) is 1. The van der Waals surface area contributed by atoms with Crippen LogP contribution >= 0.6 is 23.1 Å². The van der Waals surface area contributed by atoms with Crippen LogP contribution < -0.4 is 5.32 Å². The van der Waals surface area contributed by atoms with Crippen molar-refractivity contribution < 1.29 is 9.18 Å². The number of halogens is 1. The van der Waals surface area contributed by atoms with E-state index in [1.54, 1.807) is 34.2 Å².